The van der Waals surface area contributed by atoms with E-state index in [0.29, 0.717) is 16.9 Å². The fraction of sp³-hybridized carbons (Fsp3) is 0.429. The molecule has 1 aliphatic rings. The number of hydrogen-bond acceptors (Lipinski definition) is 7. The van der Waals surface area contributed by atoms with E-state index in [2.05, 4.69) is 21.8 Å². The summed E-state index contributed by atoms with van der Waals surface area (Å²) in [7, 11) is 0. The predicted octanol–water partition coefficient (Wildman–Crippen LogP) is -0.982. The van der Waals surface area contributed by atoms with Crippen LogP contribution < -0.4 is 5.73 Å². The zero-order valence-electron chi connectivity index (χ0n) is 11.8. The molecule has 8 heteroatoms. The first-order valence-electron chi connectivity index (χ1n) is 6.70. The number of anilines is 1. The summed E-state index contributed by atoms with van der Waals surface area (Å²) in [6.07, 6.45) is -0.416. The van der Waals surface area contributed by atoms with Crippen LogP contribution in [0.3, 0.4) is 0 Å². The molecule has 0 unspecified atom stereocenters. The molecular formula is C14H16N4O4. The van der Waals surface area contributed by atoms with Crippen molar-refractivity contribution in [2.24, 2.45) is 0 Å². The van der Waals surface area contributed by atoms with Gasteiger partial charge in [0.05, 0.1) is 12.0 Å². The number of nitrogens with two attached hydrogens (primary N) is 1. The molecule has 3 heterocycles. The Morgan fingerprint density at radius 2 is 2.27 bits per heavy atom. The normalized spacial score (nSPS) is 31.2. The molecule has 22 heavy (non-hydrogen) atoms. The van der Waals surface area contributed by atoms with Crippen LogP contribution in [0.5, 0.6) is 0 Å². The molecule has 5 N–H and O–H groups in total. The second-order valence-corrected chi connectivity index (χ2v) is 5.07. The molecule has 2 aromatic heterocycles. The van der Waals surface area contributed by atoms with Crippen LogP contribution in [-0.2, 0) is 4.74 Å². The molecule has 0 saturated carbocycles. The third-order valence-corrected chi connectivity index (χ3v) is 3.78. The van der Waals surface area contributed by atoms with Gasteiger partial charge in [-0.2, -0.15) is 0 Å². The molecule has 0 spiro atoms. The fourth-order valence-electron chi connectivity index (χ4n) is 2.71. The van der Waals surface area contributed by atoms with Gasteiger partial charge in [-0.05, 0) is 13.0 Å². The largest absolute Gasteiger partial charge is 0.394 e. The maximum absolute atomic E-state index is 10.8. The topological polar surface area (TPSA) is 127 Å². The molecule has 0 aliphatic carbocycles. The quantitative estimate of drug-likeness (QED) is 0.525. The second kappa shape index (κ2) is 5.23. The van der Waals surface area contributed by atoms with Crippen molar-refractivity contribution in [1.29, 1.82) is 0 Å². The number of hydrogen-bond donors (Lipinski definition) is 4. The highest BCUT2D eigenvalue weighted by Gasteiger charge is 2.55. The fourth-order valence-corrected chi connectivity index (χ4v) is 2.71. The van der Waals surface area contributed by atoms with Crippen LogP contribution in [0.15, 0.2) is 18.6 Å². The number of ether oxygens (including phenoxy) is 1. The van der Waals surface area contributed by atoms with E-state index in [9.17, 15) is 15.3 Å². The van der Waals surface area contributed by atoms with Crippen LogP contribution in [0.4, 0.5) is 5.82 Å². The summed E-state index contributed by atoms with van der Waals surface area (Å²) >= 11 is 0. The van der Waals surface area contributed by atoms with Crippen molar-refractivity contribution >= 4 is 16.9 Å². The maximum Gasteiger partial charge on any atom is 0.199 e. The number of nitrogens with zero attached hydrogens (tertiary/aromatic N) is 3. The minimum Gasteiger partial charge on any atom is -0.394 e. The third-order valence-electron chi connectivity index (χ3n) is 3.78. The Morgan fingerprint density at radius 3 is 2.95 bits per heavy atom. The molecule has 1 aliphatic heterocycles. The van der Waals surface area contributed by atoms with Gasteiger partial charge in [-0.25, -0.2) is 9.97 Å². The van der Waals surface area contributed by atoms with E-state index >= 15 is 0 Å². The highest BCUT2D eigenvalue weighted by molar-refractivity contribution is 5.86. The van der Waals surface area contributed by atoms with E-state index in [1.54, 1.807) is 19.2 Å². The van der Waals surface area contributed by atoms with E-state index in [4.69, 9.17) is 10.5 Å². The molecule has 0 bridgehead atoms. The molecule has 116 valence electrons. The zero-order valence-corrected chi connectivity index (χ0v) is 11.8. The maximum atomic E-state index is 10.8. The minimum atomic E-state index is -1.87. The van der Waals surface area contributed by atoms with Gasteiger partial charge in [0.15, 0.2) is 11.8 Å². The number of aliphatic hydroxyl groups is 3. The first-order valence-corrected chi connectivity index (χ1v) is 6.70. The third kappa shape index (κ3) is 1.95. The van der Waals surface area contributed by atoms with Gasteiger partial charge >= 0.3 is 0 Å². The van der Waals surface area contributed by atoms with Crippen molar-refractivity contribution in [3.05, 3.63) is 18.6 Å². The van der Waals surface area contributed by atoms with Gasteiger partial charge in [-0.15, -0.1) is 5.92 Å². The summed E-state index contributed by atoms with van der Waals surface area (Å²) in [6, 6.07) is 1.69. The van der Waals surface area contributed by atoms with Crippen LogP contribution >= 0.6 is 0 Å². The van der Waals surface area contributed by atoms with Crippen LogP contribution in [0.25, 0.3) is 11.0 Å². The van der Waals surface area contributed by atoms with Crippen LogP contribution in [0.1, 0.15) is 13.2 Å². The number of rotatable bonds is 2. The van der Waals surface area contributed by atoms with Gasteiger partial charge in [0.25, 0.3) is 0 Å². The van der Waals surface area contributed by atoms with Crippen molar-refractivity contribution in [2.45, 2.75) is 31.0 Å². The van der Waals surface area contributed by atoms with Crippen LogP contribution in [0.2, 0.25) is 0 Å². The Kier molecular flexibility index (Phi) is 3.50. The summed E-state index contributed by atoms with van der Waals surface area (Å²) in [5, 5.41) is 30.9. The molecule has 0 amide bonds. The Hall–Kier alpha value is -2.18. The van der Waals surface area contributed by atoms with Gasteiger partial charge in [-0.3, -0.25) is 0 Å². The van der Waals surface area contributed by atoms with E-state index in [0.717, 1.165) is 0 Å². The predicted molar refractivity (Wildman–Crippen MR) is 77.3 cm³/mol. The lowest BCUT2D eigenvalue weighted by Crippen LogP contribution is -2.45. The highest BCUT2D eigenvalue weighted by atomic mass is 16.6. The Bertz CT molecular complexity index is 765. The summed E-state index contributed by atoms with van der Waals surface area (Å²) in [6.45, 7) is 1.10. The monoisotopic (exact) mass is 304 g/mol. The Labute approximate surface area is 126 Å². The molecule has 1 saturated heterocycles. The highest BCUT2D eigenvalue weighted by Crippen LogP contribution is 2.39. The Morgan fingerprint density at radius 1 is 1.50 bits per heavy atom. The lowest BCUT2D eigenvalue weighted by Gasteiger charge is -2.26. The van der Waals surface area contributed by atoms with Crippen molar-refractivity contribution < 1.29 is 20.1 Å². The van der Waals surface area contributed by atoms with E-state index < -0.39 is 30.6 Å². The standard InChI is InChI=1S/C14H16N4O4/c1-2-4-14(21)10(20)9(6-19)22-13(14)18-5-3-8-11(15)16-7-17-12(8)18/h3,5,7,9-10,13,19-21H,6H2,1H3,(H2,15,16,17)/t9-,10-,13-,14-/m1/s1. The second-order valence-electron chi connectivity index (χ2n) is 5.07. The van der Waals surface area contributed by atoms with Gasteiger partial charge in [0.1, 0.15) is 30.0 Å². The molecule has 8 nitrogen and oxygen atoms in total. The molecule has 4 atom stereocenters. The number of aliphatic hydroxyl groups excluding tert-OH is 2. The van der Waals surface area contributed by atoms with Crippen molar-refractivity contribution in [1.82, 2.24) is 14.5 Å². The van der Waals surface area contributed by atoms with Crippen LogP contribution in [0, 0.1) is 11.8 Å². The minimum absolute atomic E-state index is 0.297. The number of aromatic nitrogens is 3. The van der Waals surface area contributed by atoms with Gasteiger partial charge < -0.3 is 30.4 Å². The van der Waals surface area contributed by atoms with Gasteiger partial charge in [-0.1, -0.05) is 5.92 Å². The summed E-state index contributed by atoms with van der Waals surface area (Å²) in [4.78, 5) is 8.04. The molecule has 1 fully saturated rings. The van der Waals surface area contributed by atoms with Gasteiger partial charge in [0.2, 0.25) is 0 Å². The molecular weight excluding hydrogens is 288 g/mol. The smallest absolute Gasteiger partial charge is 0.199 e. The average Bonchev–Trinajstić information content (AvgIpc) is 3.02. The number of fused-ring (bicyclic) bond motifs is 1. The van der Waals surface area contributed by atoms with Gasteiger partial charge in [0, 0.05) is 6.20 Å². The van der Waals surface area contributed by atoms with E-state index in [1.807, 2.05) is 0 Å². The molecule has 0 aromatic carbocycles. The Balaban J connectivity index is 2.15. The first kappa shape index (κ1) is 14.7. The lowest BCUT2D eigenvalue weighted by molar-refractivity contribution is -0.0719. The SMILES string of the molecule is CC#C[C@@]1(O)[C@H](O)[C@@H](CO)O[C@H]1n1ccc2c(N)ncnc21. The first-order chi connectivity index (χ1) is 10.5. The molecule has 3 rings (SSSR count). The molecule has 0 radical (unpaired) electrons. The zero-order chi connectivity index (χ0) is 15.9. The summed E-state index contributed by atoms with van der Waals surface area (Å²) in [5.41, 5.74) is 4.37. The summed E-state index contributed by atoms with van der Waals surface area (Å²) in [5.74, 6) is 5.46. The average molecular weight is 304 g/mol. The van der Waals surface area contributed by atoms with Crippen LogP contribution in [-0.4, -0.2) is 54.3 Å². The van der Waals surface area contributed by atoms with Crippen molar-refractivity contribution in [3.63, 3.8) is 0 Å². The van der Waals surface area contributed by atoms with E-state index in [1.165, 1.54) is 10.9 Å². The number of nitrogen functional groups attached to an aromatic ring is 1. The van der Waals surface area contributed by atoms with E-state index in [-0.39, 0.29) is 0 Å². The summed E-state index contributed by atoms with van der Waals surface area (Å²) < 4.78 is 7.12. The van der Waals surface area contributed by atoms with Crippen molar-refractivity contribution in [2.75, 3.05) is 12.3 Å². The molecule has 2 aromatic rings. The lowest BCUT2D eigenvalue weighted by atomic mass is 9.94. The van der Waals surface area contributed by atoms with Crippen molar-refractivity contribution in [3.8, 4) is 11.8 Å².